The van der Waals surface area contributed by atoms with Gasteiger partial charge in [0.15, 0.2) is 0 Å². The van der Waals surface area contributed by atoms with E-state index in [4.69, 9.17) is 0 Å². The van der Waals surface area contributed by atoms with Crippen molar-refractivity contribution < 1.29 is 0 Å². The monoisotopic (exact) mass is 220 g/mol. The normalized spacial score (nSPS) is 12.8. The molecule has 90 valence electrons. The second kappa shape index (κ2) is 6.66. The van der Waals surface area contributed by atoms with Crippen LogP contribution in [0.1, 0.15) is 30.5 Å². The highest BCUT2D eigenvalue weighted by Gasteiger charge is 2.03. The highest BCUT2D eigenvalue weighted by atomic mass is 15.0. The Balaban J connectivity index is 2.45. The molecule has 2 heteroatoms. The maximum Gasteiger partial charge on any atom is 0.0211 e. The van der Waals surface area contributed by atoms with Gasteiger partial charge in [0.25, 0.3) is 0 Å². The fraction of sp³-hybridized carbons (Fsp3) is 0.571. The molecule has 0 bridgehead atoms. The van der Waals surface area contributed by atoms with E-state index in [1.165, 1.54) is 16.7 Å². The van der Waals surface area contributed by atoms with E-state index in [2.05, 4.69) is 56.5 Å². The van der Waals surface area contributed by atoms with Crippen LogP contribution in [-0.2, 0) is 6.54 Å². The third-order valence-electron chi connectivity index (χ3n) is 3.06. The Morgan fingerprint density at radius 3 is 2.69 bits per heavy atom. The fourth-order valence-corrected chi connectivity index (χ4v) is 1.72. The van der Waals surface area contributed by atoms with Crippen molar-refractivity contribution >= 4 is 0 Å². The molecule has 0 radical (unpaired) electrons. The van der Waals surface area contributed by atoms with E-state index < -0.39 is 0 Å². The van der Waals surface area contributed by atoms with Gasteiger partial charge >= 0.3 is 0 Å². The summed E-state index contributed by atoms with van der Waals surface area (Å²) in [5.74, 6) is 0. The van der Waals surface area contributed by atoms with Crippen molar-refractivity contribution in [2.75, 3.05) is 13.1 Å². The van der Waals surface area contributed by atoms with E-state index in [1.807, 2.05) is 0 Å². The van der Waals surface area contributed by atoms with E-state index in [0.717, 1.165) is 19.6 Å². The Morgan fingerprint density at radius 1 is 1.25 bits per heavy atom. The van der Waals surface area contributed by atoms with Crippen molar-refractivity contribution in [2.45, 2.75) is 40.3 Å². The average Bonchev–Trinajstić information content (AvgIpc) is 2.28. The molecule has 2 nitrogen and oxygen atoms in total. The minimum absolute atomic E-state index is 0.514. The van der Waals surface area contributed by atoms with Gasteiger partial charge < -0.3 is 10.6 Å². The molecule has 0 spiro atoms. The molecule has 2 N–H and O–H groups in total. The predicted octanol–water partition coefficient (Wildman–Crippen LogP) is 2.39. The molecule has 0 heterocycles. The van der Waals surface area contributed by atoms with Gasteiger partial charge in [0.1, 0.15) is 0 Å². The SMILES string of the molecule is CCNCC(C)NCc1cccc(C)c1C. The molecule has 0 saturated heterocycles. The number of aryl methyl sites for hydroxylation is 1. The van der Waals surface area contributed by atoms with Gasteiger partial charge in [-0.05, 0) is 44.0 Å². The second-order valence-corrected chi connectivity index (χ2v) is 4.45. The summed E-state index contributed by atoms with van der Waals surface area (Å²) >= 11 is 0. The first-order valence-electron chi connectivity index (χ1n) is 6.14. The Kier molecular flexibility index (Phi) is 5.50. The van der Waals surface area contributed by atoms with E-state index in [-0.39, 0.29) is 0 Å². The molecule has 0 amide bonds. The number of likely N-dealkylation sites (N-methyl/N-ethyl adjacent to an activating group) is 1. The number of rotatable bonds is 6. The van der Waals surface area contributed by atoms with Crippen LogP contribution in [0.3, 0.4) is 0 Å². The third-order valence-corrected chi connectivity index (χ3v) is 3.06. The van der Waals surface area contributed by atoms with Crippen molar-refractivity contribution in [3.63, 3.8) is 0 Å². The lowest BCUT2D eigenvalue weighted by Crippen LogP contribution is -2.35. The quantitative estimate of drug-likeness (QED) is 0.769. The van der Waals surface area contributed by atoms with Crippen LogP contribution in [0.4, 0.5) is 0 Å². The maximum absolute atomic E-state index is 3.54. The van der Waals surface area contributed by atoms with E-state index >= 15 is 0 Å². The molecular formula is C14H24N2. The molecule has 1 aromatic carbocycles. The summed E-state index contributed by atoms with van der Waals surface area (Å²) in [6.45, 7) is 11.7. The lowest BCUT2D eigenvalue weighted by molar-refractivity contribution is 0.508. The van der Waals surface area contributed by atoms with Crippen LogP contribution in [-0.4, -0.2) is 19.1 Å². The van der Waals surface area contributed by atoms with Gasteiger partial charge in [0.05, 0.1) is 0 Å². The molecule has 0 aliphatic rings. The first-order chi connectivity index (χ1) is 7.65. The molecule has 1 aromatic rings. The second-order valence-electron chi connectivity index (χ2n) is 4.45. The number of hydrogen-bond donors (Lipinski definition) is 2. The molecule has 0 aromatic heterocycles. The molecule has 1 unspecified atom stereocenters. The molecule has 1 rings (SSSR count). The van der Waals surface area contributed by atoms with Gasteiger partial charge in [-0.1, -0.05) is 25.1 Å². The zero-order chi connectivity index (χ0) is 12.0. The first-order valence-corrected chi connectivity index (χ1v) is 6.14. The summed E-state index contributed by atoms with van der Waals surface area (Å²) in [5, 5.41) is 6.89. The van der Waals surface area contributed by atoms with Crippen molar-refractivity contribution in [2.24, 2.45) is 0 Å². The minimum Gasteiger partial charge on any atom is -0.315 e. The predicted molar refractivity (Wildman–Crippen MR) is 70.8 cm³/mol. The van der Waals surface area contributed by atoms with Gasteiger partial charge in [-0.3, -0.25) is 0 Å². The van der Waals surface area contributed by atoms with Gasteiger partial charge in [-0.25, -0.2) is 0 Å². The summed E-state index contributed by atoms with van der Waals surface area (Å²) in [7, 11) is 0. The molecule has 16 heavy (non-hydrogen) atoms. The van der Waals surface area contributed by atoms with Crippen LogP contribution in [0.25, 0.3) is 0 Å². The van der Waals surface area contributed by atoms with Crippen molar-refractivity contribution in [3.05, 3.63) is 34.9 Å². The standard InChI is InChI=1S/C14H24N2/c1-5-15-9-12(3)16-10-14-8-6-7-11(2)13(14)4/h6-8,12,15-16H,5,9-10H2,1-4H3. The van der Waals surface area contributed by atoms with Crippen LogP contribution in [0.15, 0.2) is 18.2 Å². The summed E-state index contributed by atoms with van der Waals surface area (Å²) in [6, 6.07) is 7.02. The van der Waals surface area contributed by atoms with Crippen LogP contribution < -0.4 is 10.6 Å². The van der Waals surface area contributed by atoms with E-state index in [0.29, 0.717) is 6.04 Å². The molecular weight excluding hydrogens is 196 g/mol. The van der Waals surface area contributed by atoms with Gasteiger partial charge in [-0.2, -0.15) is 0 Å². The summed E-state index contributed by atoms with van der Waals surface area (Å²) in [5.41, 5.74) is 4.19. The van der Waals surface area contributed by atoms with Gasteiger partial charge in [-0.15, -0.1) is 0 Å². The van der Waals surface area contributed by atoms with Crippen molar-refractivity contribution in [1.29, 1.82) is 0 Å². The lowest BCUT2D eigenvalue weighted by Gasteiger charge is -2.15. The van der Waals surface area contributed by atoms with E-state index in [1.54, 1.807) is 0 Å². The molecule has 0 saturated carbocycles. The molecule has 1 atom stereocenters. The van der Waals surface area contributed by atoms with Crippen LogP contribution in [0, 0.1) is 13.8 Å². The molecule has 0 fully saturated rings. The zero-order valence-corrected chi connectivity index (χ0v) is 10.9. The van der Waals surface area contributed by atoms with E-state index in [9.17, 15) is 0 Å². The Hall–Kier alpha value is -0.860. The Morgan fingerprint density at radius 2 is 2.00 bits per heavy atom. The van der Waals surface area contributed by atoms with Gasteiger partial charge in [0, 0.05) is 19.1 Å². The van der Waals surface area contributed by atoms with Crippen LogP contribution in [0.5, 0.6) is 0 Å². The number of hydrogen-bond acceptors (Lipinski definition) is 2. The molecule has 0 aliphatic heterocycles. The first kappa shape index (κ1) is 13.2. The average molecular weight is 220 g/mol. The number of benzene rings is 1. The Labute approximate surface area is 99.5 Å². The topological polar surface area (TPSA) is 24.1 Å². The summed E-state index contributed by atoms with van der Waals surface area (Å²) < 4.78 is 0. The lowest BCUT2D eigenvalue weighted by atomic mass is 10.0. The maximum atomic E-state index is 3.54. The summed E-state index contributed by atoms with van der Waals surface area (Å²) in [6.07, 6.45) is 0. The fourth-order valence-electron chi connectivity index (χ4n) is 1.72. The van der Waals surface area contributed by atoms with Gasteiger partial charge in [0.2, 0.25) is 0 Å². The van der Waals surface area contributed by atoms with Crippen LogP contribution >= 0.6 is 0 Å². The highest BCUT2D eigenvalue weighted by molar-refractivity contribution is 5.32. The molecule has 0 aliphatic carbocycles. The smallest absolute Gasteiger partial charge is 0.0211 e. The van der Waals surface area contributed by atoms with Crippen molar-refractivity contribution in [1.82, 2.24) is 10.6 Å². The zero-order valence-electron chi connectivity index (χ0n) is 10.9. The van der Waals surface area contributed by atoms with Crippen molar-refractivity contribution in [3.8, 4) is 0 Å². The number of nitrogens with one attached hydrogen (secondary N) is 2. The third kappa shape index (κ3) is 3.95. The summed E-state index contributed by atoms with van der Waals surface area (Å²) in [4.78, 5) is 0. The highest BCUT2D eigenvalue weighted by Crippen LogP contribution is 2.12. The van der Waals surface area contributed by atoms with Crippen LogP contribution in [0.2, 0.25) is 0 Å². The Bertz CT molecular complexity index is 321. The minimum atomic E-state index is 0.514. The largest absolute Gasteiger partial charge is 0.315 e.